The number of aryl methyl sites for hydroxylation is 1. The maximum atomic E-state index is 12.0. The summed E-state index contributed by atoms with van der Waals surface area (Å²) in [6.45, 7) is 5.76. The van der Waals surface area contributed by atoms with Crippen LogP contribution in [0.25, 0.3) is 0 Å². The number of rotatable bonds is 8. The van der Waals surface area contributed by atoms with Gasteiger partial charge in [0.05, 0.1) is 10.7 Å². The van der Waals surface area contributed by atoms with Crippen molar-refractivity contribution in [2.24, 2.45) is 0 Å². The fraction of sp³-hybridized carbons (Fsp3) is 0.318. The van der Waals surface area contributed by atoms with Crippen LogP contribution in [0.1, 0.15) is 43.7 Å². The Bertz CT molecular complexity index is 964. The average Bonchev–Trinajstić information content (AvgIpc) is 2.71. The number of hydrogen-bond donors (Lipinski definition) is 3. The molecule has 0 aliphatic carbocycles. The minimum absolute atomic E-state index is 0.0851. The number of benzene rings is 2. The van der Waals surface area contributed by atoms with Gasteiger partial charge in [0, 0.05) is 17.9 Å². The highest BCUT2D eigenvalue weighted by Gasteiger charge is 2.12. The topological polar surface area (TPSA) is 96.5 Å². The largest absolute Gasteiger partial charge is 0.483 e. The van der Waals surface area contributed by atoms with E-state index >= 15 is 0 Å². The van der Waals surface area contributed by atoms with E-state index in [1.165, 1.54) is 6.07 Å². The molecule has 3 amide bonds. The van der Waals surface area contributed by atoms with Crippen molar-refractivity contribution in [3.63, 3.8) is 0 Å². The molecule has 7 nitrogen and oxygen atoms in total. The molecule has 0 aliphatic rings. The number of anilines is 1. The molecule has 0 heterocycles. The van der Waals surface area contributed by atoms with Gasteiger partial charge in [0.1, 0.15) is 5.75 Å². The molecule has 0 bridgehead atoms. The molecule has 0 spiro atoms. The molecule has 2 aromatic carbocycles. The summed E-state index contributed by atoms with van der Waals surface area (Å²) in [5.41, 5.74) is 6.95. The molecule has 0 aliphatic heterocycles. The monoisotopic (exact) mass is 465 g/mol. The van der Waals surface area contributed by atoms with E-state index in [0.29, 0.717) is 21.5 Å². The molecule has 0 unspecified atom stereocenters. The molecule has 0 radical (unpaired) electrons. The number of halogens is 2. The predicted molar refractivity (Wildman–Crippen MR) is 121 cm³/mol. The summed E-state index contributed by atoms with van der Waals surface area (Å²) in [5, 5.41) is 3.35. The van der Waals surface area contributed by atoms with E-state index in [2.05, 4.69) is 16.2 Å². The highest BCUT2D eigenvalue weighted by atomic mass is 35.5. The zero-order valence-electron chi connectivity index (χ0n) is 17.6. The van der Waals surface area contributed by atoms with Gasteiger partial charge in [-0.05, 0) is 48.2 Å². The highest BCUT2D eigenvalue weighted by Crippen LogP contribution is 2.27. The van der Waals surface area contributed by atoms with Crippen LogP contribution in [0.3, 0.4) is 0 Å². The fourth-order valence-corrected chi connectivity index (χ4v) is 3.11. The van der Waals surface area contributed by atoms with E-state index in [-0.39, 0.29) is 25.4 Å². The van der Waals surface area contributed by atoms with Gasteiger partial charge in [0.25, 0.3) is 5.91 Å². The molecule has 3 N–H and O–H groups in total. The first-order valence-electron chi connectivity index (χ1n) is 9.71. The van der Waals surface area contributed by atoms with Crippen molar-refractivity contribution in [2.75, 3.05) is 11.9 Å². The van der Waals surface area contributed by atoms with Crippen LogP contribution in [0.15, 0.2) is 36.4 Å². The first-order valence-corrected chi connectivity index (χ1v) is 10.5. The summed E-state index contributed by atoms with van der Waals surface area (Å²) < 4.78 is 5.61. The Balaban J connectivity index is 1.73. The van der Waals surface area contributed by atoms with Crippen molar-refractivity contribution in [3.8, 4) is 5.75 Å². The summed E-state index contributed by atoms with van der Waals surface area (Å²) in [7, 11) is 0. The maximum Gasteiger partial charge on any atom is 0.276 e. The third-order valence-electron chi connectivity index (χ3n) is 4.28. The van der Waals surface area contributed by atoms with Crippen LogP contribution in [0.2, 0.25) is 10.0 Å². The van der Waals surface area contributed by atoms with Crippen molar-refractivity contribution in [1.82, 2.24) is 10.9 Å². The number of hydrogen-bond acceptors (Lipinski definition) is 4. The Morgan fingerprint density at radius 3 is 2.29 bits per heavy atom. The van der Waals surface area contributed by atoms with Gasteiger partial charge in [-0.3, -0.25) is 25.2 Å². The van der Waals surface area contributed by atoms with Crippen molar-refractivity contribution in [1.29, 1.82) is 0 Å². The zero-order valence-corrected chi connectivity index (χ0v) is 19.1. The molecule has 166 valence electrons. The first-order chi connectivity index (χ1) is 14.7. The average molecular weight is 466 g/mol. The van der Waals surface area contributed by atoms with Gasteiger partial charge < -0.3 is 10.1 Å². The van der Waals surface area contributed by atoms with Gasteiger partial charge in [-0.1, -0.05) is 49.2 Å². The normalized spacial score (nSPS) is 10.5. The minimum Gasteiger partial charge on any atom is -0.483 e. The second-order valence-electron chi connectivity index (χ2n) is 7.25. The molecule has 0 saturated carbocycles. The van der Waals surface area contributed by atoms with Crippen LogP contribution >= 0.6 is 23.2 Å². The molecule has 9 heteroatoms. The number of carbonyl (C=O) groups is 3. The third kappa shape index (κ3) is 8.11. The third-order valence-corrected chi connectivity index (χ3v) is 4.82. The molecular formula is C22H25Cl2N3O4. The molecule has 31 heavy (non-hydrogen) atoms. The van der Waals surface area contributed by atoms with Gasteiger partial charge in [-0.2, -0.15) is 0 Å². The SMILES string of the molecule is Cc1ccc(C(C)C)c(OCC(=O)NNC(=O)CCC(=O)Nc2ccc(Cl)cc2Cl)c1. The van der Waals surface area contributed by atoms with E-state index in [1.807, 2.05) is 39.0 Å². The smallest absolute Gasteiger partial charge is 0.276 e. The van der Waals surface area contributed by atoms with Gasteiger partial charge in [-0.25, -0.2) is 0 Å². The summed E-state index contributed by atoms with van der Waals surface area (Å²) in [4.78, 5) is 35.8. The van der Waals surface area contributed by atoms with Crippen LogP contribution < -0.4 is 20.9 Å². The van der Waals surface area contributed by atoms with E-state index in [1.54, 1.807) is 12.1 Å². The molecule has 0 fully saturated rings. The van der Waals surface area contributed by atoms with Crippen molar-refractivity contribution in [3.05, 3.63) is 57.6 Å². The Labute approximate surface area is 191 Å². The number of nitrogens with one attached hydrogen (secondary N) is 3. The van der Waals surface area contributed by atoms with E-state index in [9.17, 15) is 14.4 Å². The fourth-order valence-electron chi connectivity index (χ4n) is 2.66. The standard InChI is InChI=1S/C22H25Cl2N3O4/c1-13(2)16-6-4-14(3)10-19(16)31-12-22(30)27-26-21(29)9-8-20(28)25-18-7-5-15(23)11-17(18)24/h4-7,10-11,13H,8-9,12H2,1-3H3,(H,25,28)(H,26,29)(H,27,30). The second-order valence-corrected chi connectivity index (χ2v) is 8.10. The number of carbonyl (C=O) groups excluding carboxylic acids is 3. The lowest BCUT2D eigenvalue weighted by Gasteiger charge is -2.15. The first kappa shape index (κ1) is 24.5. The summed E-state index contributed by atoms with van der Waals surface area (Å²) in [5.74, 6) is -0.540. The molecular weight excluding hydrogens is 441 g/mol. The summed E-state index contributed by atoms with van der Waals surface area (Å²) in [6, 6.07) is 10.5. The maximum absolute atomic E-state index is 12.0. The molecule has 0 saturated heterocycles. The van der Waals surface area contributed by atoms with Gasteiger partial charge in [-0.15, -0.1) is 0 Å². The van der Waals surface area contributed by atoms with Gasteiger partial charge >= 0.3 is 0 Å². The number of hydrazine groups is 1. The minimum atomic E-state index is -0.512. The van der Waals surface area contributed by atoms with E-state index < -0.39 is 17.7 Å². The van der Waals surface area contributed by atoms with Crippen LogP contribution in [0.5, 0.6) is 5.75 Å². The Morgan fingerprint density at radius 2 is 1.61 bits per heavy atom. The lowest BCUT2D eigenvalue weighted by molar-refractivity contribution is -0.130. The van der Waals surface area contributed by atoms with Crippen molar-refractivity contribution >= 4 is 46.6 Å². The van der Waals surface area contributed by atoms with Crippen LogP contribution in [-0.2, 0) is 14.4 Å². The Morgan fingerprint density at radius 1 is 0.935 bits per heavy atom. The number of amides is 3. The molecule has 2 aromatic rings. The molecule has 2 rings (SSSR count). The Hall–Kier alpha value is -2.77. The zero-order chi connectivity index (χ0) is 23.0. The van der Waals surface area contributed by atoms with Crippen molar-refractivity contribution < 1.29 is 19.1 Å². The summed E-state index contributed by atoms with van der Waals surface area (Å²) >= 11 is 11.8. The van der Waals surface area contributed by atoms with Crippen LogP contribution in [0.4, 0.5) is 5.69 Å². The molecule has 0 aromatic heterocycles. The highest BCUT2D eigenvalue weighted by molar-refractivity contribution is 6.36. The van der Waals surface area contributed by atoms with Gasteiger partial charge in [0.15, 0.2) is 6.61 Å². The predicted octanol–water partition coefficient (Wildman–Crippen LogP) is 4.37. The van der Waals surface area contributed by atoms with E-state index in [4.69, 9.17) is 27.9 Å². The van der Waals surface area contributed by atoms with Crippen LogP contribution in [-0.4, -0.2) is 24.3 Å². The van der Waals surface area contributed by atoms with E-state index in [0.717, 1.165) is 11.1 Å². The van der Waals surface area contributed by atoms with Crippen molar-refractivity contribution in [2.45, 2.75) is 39.5 Å². The molecule has 0 atom stereocenters. The Kier molecular flexibility index (Phi) is 9.15. The lowest BCUT2D eigenvalue weighted by Crippen LogP contribution is -2.44. The van der Waals surface area contributed by atoms with Crippen LogP contribution in [0, 0.1) is 6.92 Å². The second kappa shape index (κ2) is 11.6. The van der Waals surface area contributed by atoms with Gasteiger partial charge in [0.2, 0.25) is 11.8 Å². The lowest BCUT2D eigenvalue weighted by atomic mass is 10.0. The summed E-state index contributed by atoms with van der Waals surface area (Å²) in [6.07, 6.45) is -0.203. The number of ether oxygens (including phenoxy) is 1. The quantitative estimate of drug-likeness (QED) is 0.504.